The standard InChI is InChI=1S/C16H15FN4O/c17-12-3-1-11(2-4-12)16(5-6-16)13-7-14-19-8-10(9-22)15(18)21(14)20-13/h1-4,7-8,22H,5-6,9,18H2. The van der Waals surface area contributed by atoms with E-state index in [-0.39, 0.29) is 17.8 Å². The maximum absolute atomic E-state index is 13.1. The van der Waals surface area contributed by atoms with Crippen molar-refractivity contribution in [2.24, 2.45) is 0 Å². The number of nitrogen functional groups attached to an aromatic ring is 1. The molecule has 0 saturated heterocycles. The van der Waals surface area contributed by atoms with Crippen LogP contribution in [0.3, 0.4) is 0 Å². The SMILES string of the molecule is Nc1c(CO)cnc2cc(C3(c4ccc(F)cc4)CC3)nn12. The number of hydrogen-bond donors (Lipinski definition) is 2. The number of nitrogens with two attached hydrogens (primary N) is 1. The average molecular weight is 298 g/mol. The molecule has 5 nitrogen and oxygen atoms in total. The number of aromatic nitrogens is 3. The zero-order valence-corrected chi connectivity index (χ0v) is 11.8. The summed E-state index contributed by atoms with van der Waals surface area (Å²) in [6.07, 6.45) is 3.50. The van der Waals surface area contributed by atoms with Crippen LogP contribution >= 0.6 is 0 Å². The second-order valence-corrected chi connectivity index (χ2v) is 5.72. The lowest BCUT2D eigenvalue weighted by Crippen LogP contribution is -2.10. The first-order valence-corrected chi connectivity index (χ1v) is 7.14. The Kier molecular flexibility index (Phi) is 2.71. The van der Waals surface area contributed by atoms with Crippen molar-refractivity contribution in [2.75, 3.05) is 5.73 Å². The van der Waals surface area contributed by atoms with Gasteiger partial charge < -0.3 is 10.8 Å². The van der Waals surface area contributed by atoms with E-state index < -0.39 is 0 Å². The maximum atomic E-state index is 13.1. The van der Waals surface area contributed by atoms with Gasteiger partial charge in [-0.15, -0.1) is 0 Å². The molecule has 0 atom stereocenters. The summed E-state index contributed by atoms with van der Waals surface area (Å²) in [6.45, 7) is -0.174. The van der Waals surface area contributed by atoms with E-state index in [0.29, 0.717) is 17.0 Å². The summed E-state index contributed by atoms with van der Waals surface area (Å²) < 4.78 is 14.7. The summed E-state index contributed by atoms with van der Waals surface area (Å²) in [5, 5.41) is 13.8. The molecule has 22 heavy (non-hydrogen) atoms. The Bertz CT molecular complexity index is 852. The molecule has 2 heterocycles. The van der Waals surface area contributed by atoms with Crippen LogP contribution in [0.4, 0.5) is 10.2 Å². The Morgan fingerprint density at radius 2 is 2.00 bits per heavy atom. The largest absolute Gasteiger partial charge is 0.391 e. The number of aliphatic hydroxyl groups excluding tert-OH is 1. The number of anilines is 1. The maximum Gasteiger partial charge on any atom is 0.157 e. The monoisotopic (exact) mass is 298 g/mol. The van der Waals surface area contributed by atoms with Crippen molar-refractivity contribution >= 4 is 11.5 Å². The van der Waals surface area contributed by atoms with Gasteiger partial charge in [0, 0.05) is 23.2 Å². The molecule has 0 unspecified atom stereocenters. The molecule has 6 heteroatoms. The number of nitrogens with zero attached hydrogens (tertiary/aromatic N) is 3. The lowest BCUT2D eigenvalue weighted by molar-refractivity contribution is 0.281. The molecular formula is C16H15FN4O. The topological polar surface area (TPSA) is 76.4 Å². The average Bonchev–Trinajstić information content (AvgIpc) is 3.21. The number of rotatable bonds is 3. The van der Waals surface area contributed by atoms with Crippen LogP contribution in [0.2, 0.25) is 0 Å². The predicted molar refractivity (Wildman–Crippen MR) is 79.7 cm³/mol. The zero-order chi connectivity index (χ0) is 15.3. The van der Waals surface area contributed by atoms with E-state index in [0.717, 1.165) is 24.1 Å². The van der Waals surface area contributed by atoms with E-state index >= 15 is 0 Å². The highest BCUT2D eigenvalue weighted by Crippen LogP contribution is 2.53. The number of hydrogen-bond acceptors (Lipinski definition) is 4. The van der Waals surface area contributed by atoms with Crippen molar-refractivity contribution in [1.29, 1.82) is 0 Å². The van der Waals surface area contributed by atoms with Gasteiger partial charge in [-0.2, -0.15) is 9.61 Å². The van der Waals surface area contributed by atoms with Crippen molar-refractivity contribution in [3.8, 4) is 0 Å². The van der Waals surface area contributed by atoms with Gasteiger partial charge in [-0.1, -0.05) is 12.1 Å². The Labute approximate surface area is 126 Å². The Hall–Kier alpha value is -2.47. The third kappa shape index (κ3) is 1.80. The Morgan fingerprint density at radius 3 is 2.64 bits per heavy atom. The molecule has 1 fully saturated rings. The third-order valence-electron chi connectivity index (χ3n) is 4.41. The second kappa shape index (κ2) is 4.51. The fourth-order valence-electron chi connectivity index (χ4n) is 2.93. The number of benzene rings is 1. The Balaban J connectivity index is 1.84. The van der Waals surface area contributed by atoms with Crippen molar-refractivity contribution in [3.05, 3.63) is 59.2 Å². The quantitative estimate of drug-likeness (QED) is 0.775. The first-order chi connectivity index (χ1) is 10.6. The molecule has 0 amide bonds. The van der Waals surface area contributed by atoms with E-state index in [1.54, 1.807) is 10.7 Å². The van der Waals surface area contributed by atoms with Crippen LogP contribution in [0.25, 0.3) is 5.65 Å². The molecule has 1 aliphatic rings. The van der Waals surface area contributed by atoms with Gasteiger partial charge in [-0.05, 0) is 30.5 Å². The molecule has 4 rings (SSSR count). The van der Waals surface area contributed by atoms with Crippen LogP contribution in [0.1, 0.15) is 29.7 Å². The molecule has 3 aromatic rings. The van der Waals surface area contributed by atoms with Crippen LogP contribution in [0, 0.1) is 5.82 Å². The predicted octanol–water partition coefficient (Wildman–Crippen LogP) is 2.02. The van der Waals surface area contributed by atoms with Crippen LogP contribution < -0.4 is 5.73 Å². The summed E-state index contributed by atoms with van der Waals surface area (Å²) in [5.41, 5.74) is 8.98. The number of aliphatic hydroxyl groups is 1. The Morgan fingerprint density at radius 1 is 1.27 bits per heavy atom. The van der Waals surface area contributed by atoms with Crippen molar-refractivity contribution in [3.63, 3.8) is 0 Å². The molecule has 0 radical (unpaired) electrons. The van der Waals surface area contributed by atoms with Crippen molar-refractivity contribution in [1.82, 2.24) is 14.6 Å². The molecule has 0 aliphatic heterocycles. The van der Waals surface area contributed by atoms with E-state index in [2.05, 4.69) is 10.1 Å². The van der Waals surface area contributed by atoms with E-state index in [1.165, 1.54) is 12.1 Å². The molecule has 0 bridgehead atoms. The molecule has 1 saturated carbocycles. The van der Waals surface area contributed by atoms with Crippen molar-refractivity contribution < 1.29 is 9.50 Å². The van der Waals surface area contributed by atoms with E-state index in [9.17, 15) is 9.50 Å². The van der Waals surface area contributed by atoms with Gasteiger partial charge in [0.2, 0.25) is 0 Å². The molecular weight excluding hydrogens is 283 g/mol. The molecule has 112 valence electrons. The molecule has 2 aromatic heterocycles. The van der Waals surface area contributed by atoms with Crippen LogP contribution in [0.5, 0.6) is 0 Å². The lowest BCUT2D eigenvalue weighted by Gasteiger charge is -2.12. The highest BCUT2D eigenvalue weighted by Gasteiger charge is 2.48. The van der Waals surface area contributed by atoms with Gasteiger partial charge in [0.25, 0.3) is 0 Å². The first kappa shape index (κ1) is 13.2. The first-order valence-electron chi connectivity index (χ1n) is 7.14. The van der Waals surface area contributed by atoms with Crippen LogP contribution in [-0.2, 0) is 12.0 Å². The summed E-state index contributed by atoms with van der Waals surface area (Å²) in [7, 11) is 0. The second-order valence-electron chi connectivity index (χ2n) is 5.72. The summed E-state index contributed by atoms with van der Waals surface area (Å²) in [6, 6.07) is 8.47. The van der Waals surface area contributed by atoms with Crippen molar-refractivity contribution in [2.45, 2.75) is 24.9 Å². The third-order valence-corrected chi connectivity index (χ3v) is 4.41. The smallest absolute Gasteiger partial charge is 0.157 e. The van der Waals surface area contributed by atoms with Gasteiger partial charge >= 0.3 is 0 Å². The number of halogens is 1. The van der Waals surface area contributed by atoms with Crippen LogP contribution in [-0.4, -0.2) is 19.7 Å². The van der Waals surface area contributed by atoms with Crippen LogP contribution in [0.15, 0.2) is 36.5 Å². The minimum Gasteiger partial charge on any atom is -0.391 e. The molecule has 1 aromatic carbocycles. The fourth-order valence-corrected chi connectivity index (χ4v) is 2.93. The summed E-state index contributed by atoms with van der Waals surface area (Å²) in [4.78, 5) is 4.28. The van der Waals surface area contributed by atoms with Gasteiger partial charge in [0.1, 0.15) is 11.6 Å². The highest BCUT2D eigenvalue weighted by molar-refractivity contribution is 5.54. The van der Waals surface area contributed by atoms with E-state index in [1.807, 2.05) is 18.2 Å². The highest BCUT2D eigenvalue weighted by atomic mass is 19.1. The van der Waals surface area contributed by atoms with Gasteiger partial charge in [0.05, 0.1) is 12.3 Å². The van der Waals surface area contributed by atoms with Gasteiger partial charge in [-0.3, -0.25) is 0 Å². The van der Waals surface area contributed by atoms with E-state index in [4.69, 9.17) is 5.73 Å². The number of fused-ring (bicyclic) bond motifs is 1. The minimum absolute atomic E-state index is 0.173. The minimum atomic E-state index is -0.243. The molecule has 1 aliphatic carbocycles. The van der Waals surface area contributed by atoms with Gasteiger partial charge in [-0.25, -0.2) is 9.37 Å². The summed E-state index contributed by atoms with van der Waals surface area (Å²) >= 11 is 0. The summed E-state index contributed by atoms with van der Waals surface area (Å²) in [5.74, 6) is 0.154. The fraction of sp³-hybridized carbons (Fsp3) is 0.250. The molecule has 3 N–H and O–H groups in total. The molecule has 0 spiro atoms. The van der Waals surface area contributed by atoms with Gasteiger partial charge in [0.15, 0.2) is 5.65 Å². The normalized spacial score (nSPS) is 16.1. The lowest BCUT2D eigenvalue weighted by atomic mass is 9.92. The zero-order valence-electron chi connectivity index (χ0n) is 11.8.